The molecule has 5 nitrogen and oxygen atoms in total. The minimum atomic E-state index is -3.41. The highest BCUT2D eigenvalue weighted by Crippen LogP contribution is 2.19. The summed E-state index contributed by atoms with van der Waals surface area (Å²) < 4.78 is 28.1. The summed E-state index contributed by atoms with van der Waals surface area (Å²) in [7, 11) is -3.41. The monoisotopic (exact) mass is 298 g/mol. The van der Waals surface area contributed by atoms with Gasteiger partial charge < -0.3 is 4.74 Å². The zero-order valence-corrected chi connectivity index (χ0v) is 12.6. The number of nitrogens with two attached hydrogens (primary N) is 1. The number of ether oxygens (including phenoxy) is 1. The minimum Gasteiger partial charge on any atom is -0.492 e. The van der Waals surface area contributed by atoms with Gasteiger partial charge in [-0.05, 0) is 37.9 Å². The average molecular weight is 298 g/mol. The molecule has 0 spiro atoms. The maximum atomic E-state index is 11.2. The molecule has 1 fully saturated rings. The van der Waals surface area contributed by atoms with Crippen molar-refractivity contribution in [1.82, 2.24) is 4.90 Å². The predicted octanol–water partition coefficient (Wildman–Crippen LogP) is 1.13. The van der Waals surface area contributed by atoms with Crippen LogP contribution in [0.15, 0.2) is 24.3 Å². The van der Waals surface area contributed by atoms with Gasteiger partial charge in [-0.3, -0.25) is 4.90 Å². The van der Waals surface area contributed by atoms with E-state index in [4.69, 9.17) is 9.88 Å². The maximum absolute atomic E-state index is 11.2. The fourth-order valence-electron chi connectivity index (χ4n) is 2.64. The van der Waals surface area contributed by atoms with E-state index in [0.717, 1.165) is 37.2 Å². The SMILES string of the molecule is Cc1ccccc1OCCN1CCC[C@H]1CS(N)(=O)=O. The quantitative estimate of drug-likeness (QED) is 0.854. The topological polar surface area (TPSA) is 72.6 Å². The summed E-state index contributed by atoms with van der Waals surface area (Å²) in [5.41, 5.74) is 1.11. The van der Waals surface area contributed by atoms with Gasteiger partial charge in [0, 0.05) is 12.6 Å². The number of para-hydroxylation sites is 1. The molecule has 1 atom stereocenters. The van der Waals surface area contributed by atoms with Crippen LogP contribution in [0, 0.1) is 6.92 Å². The molecule has 1 heterocycles. The molecule has 20 heavy (non-hydrogen) atoms. The van der Waals surface area contributed by atoms with Crippen molar-refractivity contribution in [3.63, 3.8) is 0 Å². The Morgan fingerprint density at radius 1 is 1.40 bits per heavy atom. The minimum absolute atomic E-state index is 0.0328. The Balaban J connectivity index is 1.83. The van der Waals surface area contributed by atoms with Gasteiger partial charge in [0.15, 0.2) is 0 Å². The Labute approximate surface area is 120 Å². The van der Waals surface area contributed by atoms with Crippen LogP contribution in [0.1, 0.15) is 18.4 Å². The average Bonchev–Trinajstić information content (AvgIpc) is 2.77. The molecule has 112 valence electrons. The number of hydrogen-bond donors (Lipinski definition) is 1. The summed E-state index contributed by atoms with van der Waals surface area (Å²) in [5, 5.41) is 5.13. The van der Waals surface area contributed by atoms with Gasteiger partial charge in [-0.2, -0.15) is 0 Å². The van der Waals surface area contributed by atoms with E-state index in [-0.39, 0.29) is 11.8 Å². The Hall–Kier alpha value is -1.11. The van der Waals surface area contributed by atoms with Crippen LogP contribution in [-0.4, -0.2) is 44.8 Å². The van der Waals surface area contributed by atoms with Crippen molar-refractivity contribution in [2.75, 3.05) is 25.4 Å². The van der Waals surface area contributed by atoms with Crippen LogP contribution in [0.4, 0.5) is 0 Å². The van der Waals surface area contributed by atoms with Crippen molar-refractivity contribution in [1.29, 1.82) is 0 Å². The molecular weight excluding hydrogens is 276 g/mol. The lowest BCUT2D eigenvalue weighted by Gasteiger charge is -2.23. The predicted molar refractivity (Wildman–Crippen MR) is 79.2 cm³/mol. The standard InChI is InChI=1S/C14H22N2O3S/c1-12-5-2-3-7-14(12)19-10-9-16-8-4-6-13(16)11-20(15,17)18/h2-3,5,7,13H,4,6,8-11H2,1H3,(H2,15,17,18)/t13-/m0/s1. The number of nitrogens with zero attached hydrogens (tertiary/aromatic N) is 1. The van der Waals surface area contributed by atoms with Crippen LogP contribution < -0.4 is 9.88 Å². The van der Waals surface area contributed by atoms with Crippen molar-refractivity contribution in [2.24, 2.45) is 5.14 Å². The molecule has 1 aliphatic heterocycles. The molecule has 0 bridgehead atoms. The largest absolute Gasteiger partial charge is 0.492 e. The van der Waals surface area contributed by atoms with Gasteiger partial charge in [0.05, 0.1) is 5.75 Å². The lowest BCUT2D eigenvalue weighted by atomic mass is 10.2. The van der Waals surface area contributed by atoms with Gasteiger partial charge in [-0.15, -0.1) is 0 Å². The smallest absolute Gasteiger partial charge is 0.210 e. The molecular formula is C14H22N2O3S. The second kappa shape index (κ2) is 6.56. The fraction of sp³-hybridized carbons (Fsp3) is 0.571. The van der Waals surface area contributed by atoms with Crippen LogP contribution >= 0.6 is 0 Å². The molecule has 2 N–H and O–H groups in total. The van der Waals surface area contributed by atoms with Gasteiger partial charge in [0.2, 0.25) is 10.0 Å². The van der Waals surface area contributed by atoms with Gasteiger partial charge in [0.25, 0.3) is 0 Å². The summed E-state index contributed by atoms with van der Waals surface area (Å²) in [5.74, 6) is 0.923. The van der Waals surface area contributed by atoms with Crippen LogP contribution in [-0.2, 0) is 10.0 Å². The molecule has 1 aromatic carbocycles. The summed E-state index contributed by atoms with van der Waals surface area (Å²) >= 11 is 0. The molecule has 1 saturated heterocycles. The zero-order chi connectivity index (χ0) is 14.6. The van der Waals surface area contributed by atoms with Crippen molar-refractivity contribution >= 4 is 10.0 Å². The van der Waals surface area contributed by atoms with Crippen LogP contribution in [0.2, 0.25) is 0 Å². The number of rotatable bonds is 6. The molecule has 0 amide bonds. The van der Waals surface area contributed by atoms with E-state index in [1.807, 2.05) is 31.2 Å². The third-order valence-electron chi connectivity index (χ3n) is 3.65. The van der Waals surface area contributed by atoms with E-state index in [2.05, 4.69) is 4.90 Å². The van der Waals surface area contributed by atoms with Crippen molar-refractivity contribution in [3.05, 3.63) is 29.8 Å². The van der Waals surface area contributed by atoms with Crippen molar-refractivity contribution < 1.29 is 13.2 Å². The first-order chi connectivity index (χ1) is 9.46. The first kappa shape index (κ1) is 15.3. The van der Waals surface area contributed by atoms with Gasteiger partial charge in [0.1, 0.15) is 12.4 Å². The Morgan fingerprint density at radius 3 is 2.85 bits per heavy atom. The van der Waals surface area contributed by atoms with E-state index in [0.29, 0.717) is 6.61 Å². The number of hydrogen-bond acceptors (Lipinski definition) is 4. The summed E-state index contributed by atoms with van der Waals surface area (Å²) in [6, 6.07) is 7.91. The third kappa shape index (κ3) is 4.47. The molecule has 1 aromatic rings. The molecule has 0 unspecified atom stereocenters. The molecule has 6 heteroatoms. The number of primary sulfonamides is 1. The highest BCUT2D eigenvalue weighted by molar-refractivity contribution is 7.89. The maximum Gasteiger partial charge on any atom is 0.210 e. The first-order valence-corrected chi connectivity index (χ1v) is 8.60. The second-order valence-corrected chi connectivity index (χ2v) is 6.93. The van der Waals surface area contributed by atoms with Crippen LogP contribution in [0.3, 0.4) is 0 Å². The normalized spacial score (nSPS) is 20.2. The summed E-state index contributed by atoms with van der Waals surface area (Å²) in [4.78, 5) is 2.16. The molecule has 0 saturated carbocycles. The molecule has 0 radical (unpaired) electrons. The highest BCUT2D eigenvalue weighted by Gasteiger charge is 2.27. The number of sulfonamides is 1. The van der Waals surface area contributed by atoms with E-state index in [1.54, 1.807) is 0 Å². The van der Waals surface area contributed by atoms with Crippen LogP contribution in [0.25, 0.3) is 0 Å². The first-order valence-electron chi connectivity index (χ1n) is 6.89. The van der Waals surface area contributed by atoms with Crippen LogP contribution in [0.5, 0.6) is 5.75 Å². The van der Waals surface area contributed by atoms with E-state index in [9.17, 15) is 8.42 Å². The third-order valence-corrected chi connectivity index (χ3v) is 4.50. The van der Waals surface area contributed by atoms with Gasteiger partial charge in [-0.1, -0.05) is 18.2 Å². The number of aryl methyl sites for hydroxylation is 1. The van der Waals surface area contributed by atoms with Gasteiger partial charge in [-0.25, -0.2) is 13.6 Å². The molecule has 0 aliphatic carbocycles. The number of likely N-dealkylation sites (tertiary alicyclic amines) is 1. The number of benzene rings is 1. The molecule has 1 aliphatic rings. The van der Waals surface area contributed by atoms with Gasteiger partial charge >= 0.3 is 0 Å². The van der Waals surface area contributed by atoms with Crippen molar-refractivity contribution in [3.8, 4) is 5.75 Å². The Bertz CT molecular complexity index is 545. The summed E-state index contributed by atoms with van der Waals surface area (Å²) in [6.07, 6.45) is 1.91. The molecule has 2 rings (SSSR count). The second-order valence-electron chi connectivity index (χ2n) is 5.28. The zero-order valence-electron chi connectivity index (χ0n) is 11.8. The van der Waals surface area contributed by atoms with E-state index in [1.165, 1.54) is 0 Å². The Morgan fingerprint density at radius 2 is 2.15 bits per heavy atom. The van der Waals surface area contributed by atoms with E-state index < -0.39 is 10.0 Å². The molecule has 0 aromatic heterocycles. The Kier molecular flexibility index (Phi) is 5.01. The highest BCUT2D eigenvalue weighted by atomic mass is 32.2. The van der Waals surface area contributed by atoms with Crippen molar-refractivity contribution in [2.45, 2.75) is 25.8 Å². The fourth-order valence-corrected chi connectivity index (χ4v) is 3.55. The lowest BCUT2D eigenvalue weighted by molar-refractivity contribution is 0.205. The summed E-state index contributed by atoms with van der Waals surface area (Å²) in [6.45, 7) is 4.22. The lowest BCUT2D eigenvalue weighted by Crippen LogP contribution is -2.39. The van der Waals surface area contributed by atoms with E-state index >= 15 is 0 Å².